The van der Waals surface area contributed by atoms with E-state index in [9.17, 15) is 0 Å². The van der Waals surface area contributed by atoms with E-state index in [2.05, 4.69) is 22.3 Å². The van der Waals surface area contributed by atoms with Gasteiger partial charge in [0.2, 0.25) is 0 Å². The van der Waals surface area contributed by atoms with E-state index < -0.39 is 0 Å². The molecule has 3 nitrogen and oxygen atoms in total. The summed E-state index contributed by atoms with van der Waals surface area (Å²) in [6.45, 7) is 3.46. The Labute approximate surface area is 115 Å². The van der Waals surface area contributed by atoms with Crippen LogP contribution in [0.2, 0.25) is 0 Å². The summed E-state index contributed by atoms with van der Waals surface area (Å²) in [5.41, 5.74) is 1.26. The Morgan fingerprint density at radius 3 is 2.58 bits per heavy atom. The number of rotatable bonds is 5. The van der Waals surface area contributed by atoms with Gasteiger partial charge < -0.3 is 15.0 Å². The number of hydrogen-bond donors (Lipinski definition) is 1. The van der Waals surface area contributed by atoms with Crippen molar-refractivity contribution in [2.45, 2.75) is 44.3 Å². The SMILES string of the molecule is COc1ccccc1CNC1CCN(C2CC2)CC1. The number of nitrogens with zero attached hydrogens (tertiary/aromatic N) is 1. The fourth-order valence-electron chi connectivity index (χ4n) is 3.01. The molecule has 1 aromatic carbocycles. The van der Waals surface area contributed by atoms with Crippen molar-refractivity contribution in [3.8, 4) is 5.75 Å². The molecule has 1 aliphatic carbocycles. The van der Waals surface area contributed by atoms with E-state index in [1.54, 1.807) is 7.11 Å². The van der Waals surface area contributed by atoms with Gasteiger partial charge in [0.1, 0.15) is 5.75 Å². The van der Waals surface area contributed by atoms with Gasteiger partial charge in [0.05, 0.1) is 7.11 Å². The predicted molar refractivity (Wildman–Crippen MR) is 77.5 cm³/mol. The lowest BCUT2D eigenvalue weighted by atomic mass is 10.0. The molecule has 1 aromatic rings. The summed E-state index contributed by atoms with van der Waals surface area (Å²) in [6, 6.07) is 9.87. The molecule has 1 saturated heterocycles. The van der Waals surface area contributed by atoms with Crippen LogP contribution in [0.25, 0.3) is 0 Å². The van der Waals surface area contributed by atoms with Crippen LogP contribution in [-0.2, 0) is 6.54 Å². The van der Waals surface area contributed by atoms with Crippen LogP contribution in [-0.4, -0.2) is 37.2 Å². The van der Waals surface area contributed by atoms with Crippen LogP contribution in [0.1, 0.15) is 31.2 Å². The van der Waals surface area contributed by atoms with E-state index in [1.165, 1.54) is 44.3 Å². The summed E-state index contributed by atoms with van der Waals surface area (Å²) in [5.74, 6) is 0.991. The number of hydrogen-bond acceptors (Lipinski definition) is 3. The van der Waals surface area contributed by atoms with Gasteiger partial charge in [-0.2, -0.15) is 0 Å². The maximum atomic E-state index is 5.39. The molecule has 0 radical (unpaired) electrons. The second kappa shape index (κ2) is 5.93. The summed E-state index contributed by atoms with van der Waals surface area (Å²) in [6.07, 6.45) is 5.43. The van der Waals surface area contributed by atoms with E-state index >= 15 is 0 Å². The Bertz CT molecular complexity index is 409. The van der Waals surface area contributed by atoms with Gasteiger partial charge in [0, 0.05) is 24.2 Å². The first-order valence-electron chi connectivity index (χ1n) is 7.46. The van der Waals surface area contributed by atoms with Crippen LogP contribution in [0.3, 0.4) is 0 Å². The van der Waals surface area contributed by atoms with Crippen LogP contribution in [0.5, 0.6) is 5.75 Å². The smallest absolute Gasteiger partial charge is 0.123 e. The summed E-state index contributed by atoms with van der Waals surface area (Å²) in [5, 5.41) is 3.69. The van der Waals surface area contributed by atoms with Crippen molar-refractivity contribution in [1.29, 1.82) is 0 Å². The molecule has 0 spiro atoms. The molecule has 2 aliphatic rings. The highest BCUT2D eigenvalue weighted by atomic mass is 16.5. The number of ether oxygens (including phenoxy) is 1. The Kier molecular flexibility index (Phi) is 4.04. The first-order chi connectivity index (χ1) is 9.36. The van der Waals surface area contributed by atoms with Gasteiger partial charge in [-0.1, -0.05) is 18.2 Å². The van der Waals surface area contributed by atoms with Crippen molar-refractivity contribution in [3.05, 3.63) is 29.8 Å². The molecule has 1 heterocycles. The summed E-state index contributed by atoms with van der Waals surface area (Å²) >= 11 is 0. The maximum Gasteiger partial charge on any atom is 0.123 e. The maximum absolute atomic E-state index is 5.39. The molecule has 3 rings (SSSR count). The number of para-hydroxylation sites is 1. The van der Waals surface area contributed by atoms with Gasteiger partial charge in [-0.3, -0.25) is 0 Å². The van der Waals surface area contributed by atoms with Crippen LogP contribution >= 0.6 is 0 Å². The number of methoxy groups -OCH3 is 1. The minimum Gasteiger partial charge on any atom is -0.496 e. The van der Waals surface area contributed by atoms with Crippen LogP contribution < -0.4 is 10.1 Å². The lowest BCUT2D eigenvalue weighted by Crippen LogP contribution is -2.43. The van der Waals surface area contributed by atoms with Gasteiger partial charge in [-0.25, -0.2) is 0 Å². The topological polar surface area (TPSA) is 24.5 Å². The summed E-state index contributed by atoms with van der Waals surface area (Å²) in [7, 11) is 1.74. The number of benzene rings is 1. The Hall–Kier alpha value is -1.06. The van der Waals surface area contributed by atoms with Crippen molar-refractivity contribution < 1.29 is 4.74 Å². The van der Waals surface area contributed by atoms with Gasteiger partial charge in [-0.15, -0.1) is 0 Å². The molecular formula is C16H24N2O. The third-order valence-electron chi connectivity index (χ3n) is 4.37. The van der Waals surface area contributed by atoms with E-state index in [0.717, 1.165) is 18.3 Å². The normalized spacial score (nSPS) is 21.5. The first kappa shape index (κ1) is 12.9. The Morgan fingerprint density at radius 1 is 1.16 bits per heavy atom. The molecule has 0 amide bonds. The van der Waals surface area contributed by atoms with E-state index in [4.69, 9.17) is 4.74 Å². The second-order valence-electron chi connectivity index (χ2n) is 5.73. The van der Waals surface area contributed by atoms with E-state index in [-0.39, 0.29) is 0 Å². The van der Waals surface area contributed by atoms with Gasteiger partial charge in [-0.05, 0) is 44.8 Å². The fourth-order valence-corrected chi connectivity index (χ4v) is 3.01. The molecule has 0 atom stereocenters. The predicted octanol–water partition coefficient (Wildman–Crippen LogP) is 2.41. The van der Waals surface area contributed by atoms with Gasteiger partial charge in [0.15, 0.2) is 0 Å². The lowest BCUT2D eigenvalue weighted by molar-refractivity contribution is 0.189. The van der Waals surface area contributed by atoms with Crippen molar-refractivity contribution in [2.24, 2.45) is 0 Å². The number of piperidine rings is 1. The van der Waals surface area contributed by atoms with E-state index in [0.29, 0.717) is 6.04 Å². The zero-order valence-electron chi connectivity index (χ0n) is 11.8. The molecule has 0 unspecified atom stereocenters. The van der Waals surface area contributed by atoms with Crippen LogP contribution in [0.15, 0.2) is 24.3 Å². The molecule has 1 N–H and O–H groups in total. The number of nitrogens with one attached hydrogen (secondary N) is 1. The molecule has 0 bridgehead atoms. The summed E-state index contributed by atoms with van der Waals surface area (Å²) < 4.78 is 5.39. The Morgan fingerprint density at radius 2 is 1.89 bits per heavy atom. The minimum atomic E-state index is 0.667. The quantitative estimate of drug-likeness (QED) is 0.880. The van der Waals surface area contributed by atoms with Crippen molar-refractivity contribution in [2.75, 3.05) is 20.2 Å². The molecule has 0 aromatic heterocycles. The number of likely N-dealkylation sites (tertiary alicyclic amines) is 1. The molecule has 2 fully saturated rings. The molecular weight excluding hydrogens is 236 g/mol. The molecule has 3 heteroatoms. The summed E-state index contributed by atoms with van der Waals surface area (Å²) in [4.78, 5) is 2.67. The van der Waals surface area contributed by atoms with Crippen molar-refractivity contribution in [1.82, 2.24) is 10.2 Å². The average Bonchev–Trinajstić information content (AvgIpc) is 3.30. The largest absolute Gasteiger partial charge is 0.496 e. The molecule has 1 saturated carbocycles. The molecule has 19 heavy (non-hydrogen) atoms. The highest BCUT2D eigenvalue weighted by molar-refractivity contribution is 5.33. The third-order valence-corrected chi connectivity index (χ3v) is 4.37. The van der Waals surface area contributed by atoms with E-state index in [1.807, 2.05) is 12.1 Å². The van der Waals surface area contributed by atoms with Gasteiger partial charge in [0.25, 0.3) is 0 Å². The average molecular weight is 260 g/mol. The zero-order chi connectivity index (χ0) is 13.1. The minimum absolute atomic E-state index is 0.667. The third kappa shape index (κ3) is 3.28. The zero-order valence-corrected chi connectivity index (χ0v) is 11.8. The first-order valence-corrected chi connectivity index (χ1v) is 7.46. The monoisotopic (exact) mass is 260 g/mol. The molecule has 1 aliphatic heterocycles. The highest BCUT2D eigenvalue weighted by Crippen LogP contribution is 2.29. The van der Waals surface area contributed by atoms with Crippen LogP contribution in [0.4, 0.5) is 0 Å². The highest BCUT2D eigenvalue weighted by Gasteiger charge is 2.31. The van der Waals surface area contributed by atoms with Crippen molar-refractivity contribution in [3.63, 3.8) is 0 Å². The standard InChI is InChI=1S/C16H24N2O/c1-19-16-5-3-2-4-13(16)12-17-14-8-10-18(11-9-14)15-6-7-15/h2-5,14-15,17H,6-12H2,1H3. The van der Waals surface area contributed by atoms with Crippen molar-refractivity contribution >= 4 is 0 Å². The fraction of sp³-hybridized carbons (Fsp3) is 0.625. The second-order valence-corrected chi connectivity index (χ2v) is 5.73. The van der Waals surface area contributed by atoms with Gasteiger partial charge >= 0.3 is 0 Å². The molecule has 104 valence electrons. The lowest BCUT2D eigenvalue weighted by Gasteiger charge is -2.32. The Balaban J connectivity index is 1.47. The van der Waals surface area contributed by atoms with Crippen LogP contribution in [0, 0.1) is 0 Å².